The normalized spacial score (nSPS) is 14.1. The molecule has 0 fully saturated rings. The molecular formula is C15H19NO4S. The van der Waals surface area contributed by atoms with E-state index in [1.165, 1.54) is 11.8 Å². The lowest BCUT2D eigenvalue weighted by Gasteiger charge is -2.15. The summed E-state index contributed by atoms with van der Waals surface area (Å²) in [6.45, 7) is 2.66. The third kappa shape index (κ3) is 4.14. The number of ether oxygens (including phenoxy) is 1. The largest absolute Gasteiger partial charge is 0.493 e. The quantitative estimate of drug-likeness (QED) is 0.754. The monoisotopic (exact) mass is 309 g/mol. The van der Waals surface area contributed by atoms with Crippen molar-refractivity contribution in [3.8, 4) is 5.75 Å². The number of nitrogens with one attached hydrogen (secondary N) is 1. The van der Waals surface area contributed by atoms with Gasteiger partial charge in [-0.3, -0.25) is 4.79 Å². The molecule has 1 aromatic rings. The molecule has 0 saturated carbocycles. The number of carboxylic acid groups (broad SMARTS) is 1. The van der Waals surface area contributed by atoms with E-state index in [4.69, 9.17) is 4.74 Å². The lowest BCUT2D eigenvalue weighted by molar-refractivity contribution is -0.141. The summed E-state index contributed by atoms with van der Waals surface area (Å²) in [7, 11) is 0. The number of thioether (sulfide) groups is 1. The van der Waals surface area contributed by atoms with Crippen LogP contribution in [0, 0.1) is 0 Å². The Bertz CT molecular complexity index is 532. The Hall–Kier alpha value is -1.69. The Labute approximate surface area is 128 Å². The number of amides is 1. The third-order valence-corrected chi connectivity index (χ3v) is 4.34. The molecule has 1 heterocycles. The first kappa shape index (κ1) is 15.7. The smallest absolute Gasteiger partial charge is 0.330 e. The van der Waals surface area contributed by atoms with E-state index in [9.17, 15) is 14.7 Å². The topological polar surface area (TPSA) is 75.6 Å². The van der Waals surface area contributed by atoms with E-state index >= 15 is 0 Å². The van der Waals surface area contributed by atoms with Crippen molar-refractivity contribution in [2.75, 3.05) is 18.1 Å². The number of carboxylic acids is 1. The Morgan fingerprint density at radius 3 is 3.00 bits per heavy atom. The summed E-state index contributed by atoms with van der Waals surface area (Å²) in [5, 5.41) is 11.9. The fraction of sp³-hybridized carbons (Fsp3) is 0.467. The van der Waals surface area contributed by atoms with Crippen LogP contribution in [0.5, 0.6) is 5.75 Å². The Morgan fingerprint density at radius 2 is 2.29 bits per heavy atom. The maximum atomic E-state index is 11.8. The summed E-state index contributed by atoms with van der Waals surface area (Å²) >= 11 is 1.51. The van der Waals surface area contributed by atoms with Gasteiger partial charge in [0, 0.05) is 6.42 Å². The van der Waals surface area contributed by atoms with E-state index in [2.05, 4.69) is 5.32 Å². The second-order valence-corrected chi connectivity index (χ2v) is 5.96. The number of fused-ring (bicyclic) bond motifs is 1. The second kappa shape index (κ2) is 7.36. The first-order chi connectivity index (χ1) is 10.1. The van der Waals surface area contributed by atoms with Crippen LogP contribution in [0.3, 0.4) is 0 Å². The van der Waals surface area contributed by atoms with Gasteiger partial charge in [-0.25, -0.2) is 4.79 Å². The fourth-order valence-electron chi connectivity index (χ4n) is 2.19. The Morgan fingerprint density at radius 1 is 1.48 bits per heavy atom. The minimum Gasteiger partial charge on any atom is -0.493 e. The standard InChI is InChI=1S/C15H19NO4S/c1-2-7-21-9-13(17)16-14(15(18)19)11-3-4-12-10(8-11)5-6-20-12/h3-4,8,14H,2,5-7,9H2,1H3,(H,16,17)(H,18,19). The molecule has 0 saturated heterocycles. The van der Waals surface area contributed by atoms with Crippen LogP contribution in [-0.2, 0) is 16.0 Å². The molecule has 1 atom stereocenters. The van der Waals surface area contributed by atoms with E-state index in [-0.39, 0.29) is 11.7 Å². The van der Waals surface area contributed by atoms with Crippen molar-refractivity contribution >= 4 is 23.6 Å². The zero-order valence-corrected chi connectivity index (χ0v) is 12.7. The summed E-state index contributed by atoms with van der Waals surface area (Å²) < 4.78 is 5.40. The van der Waals surface area contributed by atoms with Gasteiger partial charge in [0.1, 0.15) is 5.75 Å². The molecule has 114 valence electrons. The van der Waals surface area contributed by atoms with Crippen molar-refractivity contribution in [3.05, 3.63) is 29.3 Å². The van der Waals surface area contributed by atoms with E-state index in [1.807, 2.05) is 6.92 Å². The molecule has 5 nitrogen and oxygen atoms in total. The van der Waals surface area contributed by atoms with Crippen LogP contribution in [0.25, 0.3) is 0 Å². The van der Waals surface area contributed by atoms with Crippen molar-refractivity contribution in [1.82, 2.24) is 5.32 Å². The van der Waals surface area contributed by atoms with Crippen molar-refractivity contribution < 1.29 is 19.4 Å². The Balaban J connectivity index is 2.05. The number of aliphatic carboxylic acids is 1. The highest BCUT2D eigenvalue weighted by Gasteiger charge is 2.24. The molecule has 0 spiro atoms. The van der Waals surface area contributed by atoms with Gasteiger partial charge in [-0.1, -0.05) is 13.0 Å². The molecule has 1 unspecified atom stereocenters. The summed E-state index contributed by atoms with van der Waals surface area (Å²) in [6, 6.07) is 4.26. The van der Waals surface area contributed by atoms with Crippen LogP contribution in [0.2, 0.25) is 0 Å². The van der Waals surface area contributed by atoms with Crippen LogP contribution in [0.4, 0.5) is 0 Å². The SMILES string of the molecule is CCCSCC(=O)NC(C(=O)O)c1ccc2c(c1)CCO2. The van der Waals surface area contributed by atoms with Gasteiger partial charge in [-0.05, 0) is 35.4 Å². The van der Waals surface area contributed by atoms with Gasteiger partial charge in [0.05, 0.1) is 12.4 Å². The summed E-state index contributed by atoms with van der Waals surface area (Å²) in [6.07, 6.45) is 1.76. The second-order valence-electron chi connectivity index (χ2n) is 4.86. The van der Waals surface area contributed by atoms with E-state index in [1.54, 1.807) is 18.2 Å². The Kier molecular flexibility index (Phi) is 5.50. The molecule has 0 aliphatic carbocycles. The highest BCUT2D eigenvalue weighted by atomic mass is 32.2. The molecule has 1 aromatic carbocycles. The fourth-order valence-corrected chi connectivity index (χ4v) is 2.89. The summed E-state index contributed by atoms with van der Waals surface area (Å²) in [5.74, 6) is 0.667. The number of rotatable bonds is 7. The van der Waals surface area contributed by atoms with Crippen LogP contribution >= 0.6 is 11.8 Å². The van der Waals surface area contributed by atoms with Crippen LogP contribution in [0.15, 0.2) is 18.2 Å². The minimum atomic E-state index is -1.05. The van der Waals surface area contributed by atoms with Gasteiger partial charge >= 0.3 is 5.97 Å². The summed E-state index contributed by atoms with van der Waals surface area (Å²) in [4.78, 5) is 23.2. The van der Waals surface area contributed by atoms with Crippen LogP contribution in [-0.4, -0.2) is 35.1 Å². The third-order valence-electron chi connectivity index (χ3n) is 3.18. The zero-order valence-electron chi connectivity index (χ0n) is 11.9. The van der Waals surface area contributed by atoms with Gasteiger partial charge in [0.2, 0.25) is 5.91 Å². The minimum absolute atomic E-state index is 0.252. The molecule has 0 radical (unpaired) electrons. The highest BCUT2D eigenvalue weighted by molar-refractivity contribution is 7.99. The van der Waals surface area contributed by atoms with E-state index in [0.717, 1.165) is 29.9 Å². The van der Waals surface area contributed by atoms with E-state index < -0.39 is 12.0 Å². The number of hydrogen-bond donors (Lipinski definition) is 2. The maximum Gasteiger partial charge on any atom is 0.330 e. The van der Waals surface area contributed by atoms with Gasteiger partial charge in [0.25, 0.3) is 0 Å². The van der Waals surface area contributed by atoms with E-state index in [0.29, 0.717) is 12.2 Å². The number of carbonyl (C=O) groups excluding carboxylic acids is 1. The molecule has 6 heteroatoms. The van der Waals surface area contributed by atoms with Gasteiger partial charge in [0.15, 0.2) is 6.04 Å². The lowest BCUT2D eigenvalue weighted by Crippen LogP contribution is -2.35. The molecule has 21 heavy (non-hydrogen) atoms. The average Bonchev–Trinajstić information content (AvgIpc) is 2.92. The lowest BCUT2D eigenvalue weighted by atomic mass is 10.0. The number of hydrogen-bond acceptors (Lipinski definition) is 4. The van der Waals surface area contributed by atoms with Crippen molar-refractivity contribution in [3.63, 3.8) is 0 Å². The number of carbonyl (C=O) groups is 2. The molecule has 1 aliphatic heterocycles. The first-order valence-corrected chi connectivity index (χ1v) is 8.12. The predicted molar refractivity (Wildman–Crippen MR) is 81.8 cm³/mol. The molecule has 0 bridgehead atoms. The maximum absolute atomic E-state index is 11.8. The van der Waals surface area contributed by atoms with Crippen LogP contribution in [0.1, 0.15) is 30.5 Å². The summed E-state index contributed by atoms with van der Waals surface area (Å²) in [5.41, 5.74) is 1.58. The van der Waals surface area contributed by atoms with Gasteiger partial charge in [-0.2, -0.15) is 11.8 Å². The predicted octanol–water partition coefficient (Wildman–Crippen LogP) is 2.01. The average molecular weight is 309 g/mol. The number of benzene rings is 1. The van der Waals surface area contributed by atoms with Crippen molar-refractivity contribution in [1.29, 1.82) is 0 Å². The molecule has 2 rings (SSSR count). The molecular weight excluding hydrogens is 290 g/mol. The van der Waals surface area contributed by atoms with Gasteiger partial charge in [-0.15, -0.1) is 0 Å². The molecule has 2 N–H and O–H groups in total. The first-order valence-electron chi connectivity index (χ1n) is 6.97. The highest BCUT2D eigenvalue weighted by Crippen LogP contribution is 2.28. The molecule has 1 aliphatic rings. The van der Waals surface area contributed by atoms with Gasteiger partial charge < -0.3 is 15.2 Å². The van der Waals surface area contributed by atoms with Crippen LogP contribution < -0.4 is 10.1 Å². The van der Waals surface area contributed by atoms with Crippen molar-refractivity contribution in [2.24, 2.45) is 0 Å². The molecule has 0 aromatic heterocycles. The van der Waals surface area contributed by atoms with Crippen molar-refractivity contribution in [2.45, 2.75) is 25.8 Å². The molecule has 1 amide bonds. The zero-order chi connectivity index (χ0) is 15.2.